The molecule has 13 heteroatoms. The minimum absolute atomic E-state index is 0.0101. The van der Waals surface area contributed by atoms with Gasteiger partial charge in [0.15, 0.2) is 5.78 Å². The number of hydrogen-bond donors (Lipinski definition) is 0. The van der Waals surface area contributed by atoms with E-state index >= 15 is 0 Å². The third-order valence-corrected chi connectivity index (χ3v) is 9.98. The summed E-state index contributed by atoms with van der Waals surface area (Å²) in [5.74, 6) is -0.0928. The van der Waals surface area contributed by atoms with Crippen molar-refractivity contribution in [2.24, 2.45) is 0 Å². The normalized spacial score (nSPS) is 17.1. The Bertz CT molecular complexity index is 1310. The van der Waals surface area contributed by atoms with Crippen LogP contribution in [0.5, 0.6) is 5.75 Å². The van der Waals surface area contributed by atoms with E-state index in [1.54, 1.807) is 5.38 Å². The number of sulfonamides is 1. The van der Waals surface area contributed by atoms with Crippen LogP contribution in [-0.4, -0.2) is 36.1 Å². The molecule has 2 aromatic heterocycles. The zero-order chi connectivity index (χ0) is 25.2. The van der Waals surface area contributed by atoms with Crippen molar-refractivity contribution in [3.8, 4) is 5.75 Å². The molecule has 0 bridgehead atoms. The molecule has 0 saturated carbocycles. The Kier molecular flexibility index (Phi) is 7.86. The highest BCUT2D eigenvalue weighted by molar-refractivity contribution is 7.91. The summed E-state index contributed by atoms with van der Waals surface area (Å²) in [6, 6.07) is 6.85. The highest BCUT2D eigenvalue weighted by Crippen LogP contribution is 2.33. The summed E-state index contributed by atoms with van der Waals surface area (Å²) < 4.78 is 71.6. The lowest BCUT2D eigenvalue weighted by atomic mass is 10.1. The average Bonchev–Trinajstić information content (AvgIpc) is 3.56. The minimum Gasteiger partial charge on any atom is -0.487 e. The van der Waals surface area contributed by atoms with Crippen LogP contribution in [0.25, 0.3) is 0 Å². The lowest BCUT2D eigenvalue weighted by Crippen LogP contribution is -2.40. The second-order valence-corrected chi connectivity index (χ2v) is 12.6. The first-order valence-electron chi connectivity index (χ1n) is 10.6. The number of hydrogen-bond acceptors (Lipinski definition) is 7. The van der Waals surface area contributed by atoms with Gasteiger partial charge in [-0.15, -0.1) is 22.7 Å². The van der Waals surface area contributed by atoms with E-state index in [2.05, 4.69) is 4.98 Å². The van der Waals surface area contributed by atoms with E-state index in [1.165, 1.54) is 39.9 Å². The predicted molar refractivity (Wildman–Crippen MR) is 127 cm³/mol. The molecular formula is C22H20ClF3N2O4S3. The largest absolute Gasteiger partial charge is 0.487 e. The highest BCUT2D eigenvalue weighted by Gasteiger charge is 2.39. The Labute approximate surface area is 213 Å². The van der Waals surface area contributed by atoms with Gasteiger partial charge < -0.3 is 4.74 Å². The average molecular weight is 565 g/mol. The van der Waals surface area contributed by atoms with Crippen LogP contribution in [0.3, 0.4) is 0 Å². The first kappa shape index (κ1) is 26.1. The number of aryl methyl sites for hydroxylation is 1. The van der Waals surface area contributed by atoms with Crippen molar-refractivity contribution in [1.82, 2.24) is 9.29 Å². The standard InChI is InChI=1S/C22H20ClF3N2O4S3/c23-19-7-9-21(34-19)35(30,31)28-10-2-5-17(28)18(29)6-8-20-27-15(13-33-20)12-32-16-4-1-3-14(11-16)22(24,25)26/h1,3-4,7,9,11,13,17H,2,5-6,8,10,12H2/t17-/m0/s1. The van der Waals surface area contributed by atoms with Crippen LogP contribution >= 0.6 is 34.3 Å². The molecule has 1 aliphatic heterocycles. The van der Waals surface area contributed by atoms with E-state index in [0.29, 0.717) is 34.3 Å². The number of ketones is 1. The fourth-order valence-electron chi connectivity index (χ4n) is 3.75. The number of alkyl halides is 3. The third-order valence-electron chi connectivity index (χ3n) is 5.42. The number of thiophene rings is 1. The molecule has 35 heavy (non-hydrogen) atoms. The molecule has 6 nitrogen and oxygen atoms in total. The minimum atomic E-state index is -4.45. The van der Waals surface area contributed by atoms with Crippen LogP contribution in [0, 0.1) is 0 Å². The smallest absolute Gasteiger partial charge is 0.416 e. The quantitative estimate of drug-likeness (QED) is 0.328. The molecule has 1 fully saturated rings. The SMILES string of the molecule is O=C(CCc1nc(COc2cccc(C(F)(F)F)c2)cs1)[C@@H]1CCCN1S(=O)(=O)c1ccc(Cl)s1. The molecule has 1 atom stereocenters. The van der Waals surface area contributed by atoms with Crippen molar-refractivity contribution in [1.29, 1.82) is 0 Å². The molecule has 3 heterocycles. The summed E-state index contributed by atoms with van der Waals surface area (Å²) in [5, 5.41) is 2.39. The number of ether oxygens (including phenoxy) is 1. The summed E-state index contributed by atoms with van der Waals surface area (Å²) in [4.78, 5) is 17.3. The van der Waals surface area contributed by atoms with E-state index in [1.807, 2.05) is 0 Å². The van der Waals surface area contributed by atoms with Gasteiger partial charge in [0.2, 0.25) is 0 Å². The third kappa shape index (κ3) is 6.23. The summed E-state index contributed by atoms with van der Waals surface area (Å²) in [6.07, 6.45) is -2.93. The Balaban J connectivity index is 1.33. The van der Waals surface area contributed by atoms with Gasteiger partial charge >= 0.3 is 6.18 Å². The van der Waals surface area contributed by atoms with Gasteiger partial charge in [-0.05, 0) is 43.2 Å². The van der Waals surface area contributed by atoms with E-state index in [9.17, 15) is 26.4 Å². The number of thiazole rings is 1. The zero-order valence-electron chi connectivity index (χ0n) is 18.1. The van der Waals surface area contributed by atoms with Crippen LogP contribution in [0.2, 0.25) is 4.34 Å². The Morgan fingerprint density at radius 2 is 2.06 bits per heavy atom. The first-order chi connectivity index (χ1) is 16.5. The zero-order valence-corrected chi connectivity index (χ0v) is 21.3. The fraction of sp³-hybridized carbons (Fsp3) is 0.364. The van der Waals surface area contributed by atoms with Gasteiger partial charge in [0.25, 0.3) is 10.0 Å². The summed E-state index contributed by atoms with van der Waals surface area (Å²) in [5.41, 5.74) is -0.257. The maximum absolute atomic E-state index is 12.9. The number of Topliss-reactive ketones (excluding diaryl/α,β-unsaturated/α-hetero) is 1. The second kappa shape index (κ2) is 10.6. The fourth-order valence-corrected chi connectivity index (χ4v) is 7.82. The monoisotopic (exact) mass is 564 g/mol. The number of carbonyl (C=O) groups is 1. The van der Waals surface area contributed by atoms with Gasteiger partial charge in [-0.25, -0.2) is 13.4 Å². The Morgan fingerprint density at radius 1 is 1.26 bits per heavy atom. The number of rotatable bonds is 9. The summed E-state index contributed by atoms with van der Waals surface area (Å²) in [7, 11) is -3.79. The van der Waals surface area contributed by atoms with E-state index < -0.39 is 27.8 Å². The second-order valence-electron chi connectivity index (χ2n) is 7.85. The van der Waals surface area contributed by atoms with Crippen LogP contribution in [0.4, 0.5) is 13.2 Å². The number of halogens is 4. The van der Waals surface area contributed by atoms with Gasteiger partial charge in [0.05, 0.1) is 26.6 Å². The molecule has 1 saturated heterocycles. The van der Waals surface area contributed by atoms with Gasteiger partial charge in [-0.3, -0.25) is 4.79 Å². The van der Waals surface area contributed by atoms with Crippen molar-refractivity contribution in [2.75, 3.05) is 6.54 Å². The lowest BCUT2D eigenvalue weighted by molar-refractivity contribution is -0.137. The van der Waals surface area contributed by atoms with Gasteiger partial charge in [-0.1, -0.05) is 17.7 Å². The molecule has 188 valence electrons. The van der Waals surface area contributed by atoms with Crippen LogP contribution in [-0.2, 0) is 34.0 Å². The van der Waals surface area contributed by atoms with E-state index in [0.717, 1.165) is 23.5 Å². The van der Waals surface area contributed by atoms with Gasteiger partial charge in [-0.2, -0.15) is 17.5 Å². The van der Waals surface area contributed by atoms with E-state index in [-0.39, 0.29) is 35.3 Å². The van der Waals surface area contributed by atoms with Crippen molar-refractivity contribution in [3.63, 3.8) is 0 Å². The first-order valence-corrected chi connectivity index (χ1v) is 14.1. The highest BCUT2D eigenvalue weighted by atomic mass is 35.5. The number of carbonyl (C=O) groups excluding carboxylic acids is 1. The molecule has 1 aliphatic rings. The van der Waals surface area contributed by atoms with Crippen molar-refractivity contribution < 1.29 is 31.1 Å². The van der Waals surface area contributed by atoms with Crippen LogP contribution in [0.1, 0.15) is 35.5 Å². The van der Waals surface area contributed by atoms with E-state index in [4.69, 9.17) is 16.3 Å². The molecule has 4 rings (SSSR count). The van der Waals surface area contributed by atoms with Gasteiger partial charge in [0.1, 0.15) is 16.6 Å². The number of aromatic nitrogens is 1. The maximum atomic E-state index is 12.9. The van der Waals surface area contributed by atoms with Crippen molar-refractivity contribution >= 4 is 50.1 Å². The van der Waals surface area contributed by atoms with Gasteiger partial charge in [0, 0.05) is 24.8 Å². The molecule has 0 aliphatic carbocycles. The molecule has 0 unspecified atom stereocenters. The Morgan fingerprint density at radius 3 is 2.77 bits per heavy atom. The number of nitrogens with zero attached hydrogens (tertiary/aromatic N) is 2. The molecule has 1 aromatic carbocycles. The van der Waals surface area contributed by atoms with Crippen molar-refractivity contribution in [3.05, 3.63) is 62.4 Å². The Hall–Kier alpha value is -1.99. The lowest BCUT2D eigenvalue weighted by Gasteiger charge is -2.22. The number of benzene rings is 1. The predicted octanol–water partition coefficient (Wildman–Crippen LogP) is 5.81. The maximum Gasteiger partial charge on any atom is 0.416 e. The van der Waals surface area contributed by atoms with Crippen LogP contribution < -0.4 is 4.74 Å². The molecule has 3 aromatic rings. The molecule has 0 amide bonds. The molecule has 0 radical (unpaired) electrons. The van der Waals surface area contributed by atoms with Crippen LogP contribution in [0.15, 0.2) is 46.0 Å². The topological polar surface area (TPSA) is 76.6 Å². The summed E-state index contributed by atoms with van der Waals surface area (Å²) >= 11 is 8.16. The summed E-state index contributed by atoms with van der Waals surface area (Å²) in [6.45, 7) is 0.270. The van der Waals surface area contributed by atoms with Crippen molar-refractivity contribution in [2.45, 2.75) is 48.7 Å². The molecule has 0 N–H and O–H groups in total. The molecular weight excluding hydrogens is 545 g/mol. The molecule has 0 spiro atoms.